The van der Waals surface area contributed by atoms with Crippen molar-refractivity contribution in [2.75, 3.05) is 30.8 Å². The van der Waals surface area contributed by atoms with Crippen LogP contribution in [-0.2, 0) is 10.0 Å². The van der Waals surface area contributed by atoms with Gasteiger partial charge in [-0.25, -0.2) is 18.4 Å². The van der Waals surface area contributed by atoms with Crippen LogP contribution >= 0.6 is 0 Å². The SMILES string of the molecule is Cc1cc(C)nc(N2CCC(N(CC3CC3)S(C)(=O)=O)CC2)n1. The van der Waals surface area contributed by atoms with Gasteiger partial charge in [-0.3, -0.25) is 0 Å². The van der Waals surface area contributed by atoms with Gasteiger partial charge < -0.3 is 4.90 Å². The van der Waals surface area contributed by atoms with Gasteiger partial charge in [0.15, 0.2) is 0 Å². The maximum atomic E-state index is 12.1. The minimum Gasteiger partial charge on any atom is -0.341 e. The van der Waals surface area contributed by atoms with Gasteiger partial charge in [0, 0.05) is 37.1 Å². The molecule has 2 fully saturated rings. The summed E-state index contributed by atoms with van der Waals surface area (Å²) < 4.78 is 26.0. The molecule has 23 heavy (non-hydrogen) atoms. The second-order valence-electron chi connectivity index (χ2n) is 6.94. The third-order valence-corrected chi connectivity index (χ3v) is 5.99. The summed E-state index contributed by atoms with van der Waals surface area (Å²) in [7, 11) is -3.13. The third-order valence-electron chi connectivity index (χ3n) is 4.69. The number of rotatable bonds is 5. The van der Waals surface area contributed by atoms with Crippen molar-refractivity contribution < 1.29 is 8.42 Å². The van der Waals surface area contributed by atoms with Crippen LogP contribution in [0.3, 0.4) is 0 Å². The topological polar surface area (TPSA) is 66.4 Å². The van der Waals surface area contributed by atoms with Gasteiger partial charge in [-0.15, -0.1) is 0 Å². The highest BCUT2D eigenvalue weighted by Crippen LogP contribution is 2.32. The zero-order valence-electron chi connectivity index (χ0n) is 14.2. The summed E-state index contributed by atoms with van der Waals surface area (Å²) >= 11 is 0. The van der Waals surface area contributed by atoms with Crippen LogP contribution in [0.15, 0.2) is 6.07 Å². The van der Waals surface area contributed by atoms with Gasteiger partial charge in [0.2, 0.25) is 16.0 Å². The first-order valence-electron chi connectivity index (χ1n) is 8.37. The molecular weight excluding hydrogens is 312 g/mol. The average Bonchev–Trinajstić information content (AvgIpc) is 3.27. The first kappa shape index (κ1) is 16.6. The Labute approximate surface area is 139 Å². The summed E-state index contributed by atoms with van der Waals surface area (Å²) in [6, 6.07) is 2.09. The Bertz CT molecular complexity index is 644. The average molecular weight is 338 g/mol. The maximum absolute atomic E-state index is 12.1. The zero-order chi connectivity index (χ0) is 16.6. The minimum absolute atomic E-state index is 0.118. The fraction of sp³-hybridized carbons (Fsp3) is 0.750. The quantitative estimate of drug-likeness (QED) is 0.818. The summed E-state index contributed by atoms with van der Waals surface area (Å²) in [6.45, 7) is 6.27. The lowest BCUT2D eigenvalue weighted by molar-refractivity contribution is 0.267. The second kappa shape index (κ2) is 6.36. The molecule has 7 heteroatoms. The van der Waals surface area contributed by atoms with Gasteiger partial charge in [-0.2, -0.15) is 4.31 Å². The highest BCUT2D eigenvalue weighted by atomic mass is 32.2. The molecule has 1 aliphatic carbocycles. The summed E-state index contributed by atoms with van der Waals surface area (Å²) in [5, 5.41) is 0. The van der Waals surface area contributed by atoms with Crippen molar-refractivity contribution in [2.24, 2.45) is 5.92 Å². The van der Waals surface area contributed by atoms with Crippen LogP contribution < -0.4 is 4.90 Å². The number of aromatic nitrogens is 2. The first-order valence-corrected chi connectivity index (χ1v) is 10.2. The van der Waals surface area contributed by atoms with Crippen molar-refractivity contribution in [2.45, 2.75) is 45.6 Å². The molecule has 1 saturated heterocycles. The maximum Gasteiger partial charge on any atom is 0.225 e. The van der Waals surface area contributed by atoms with Crippen molar-refractivity contribution in [3.05, 3.63) is 17.5 Å². The van der Waals surface area contributed by atoms with E-state index in [1.807, 2.05) is 19.9 Å². The monoisotopic (exact) mass is 338 g/mol. The van der Waals surface area contributed by atoms with Crippen molar-refractivity contribution in [1.29, 1.82) is 0 Å². The molecule has 1 aromatic heterocycles. The molecule has 0 N–H and O–H groups in total. The van der Waals surface area contributed by atoms with Gasteiger partial charge in [0.25, 0.3) is 0 Å². The molecule has 2 aliphatic rings. The van der Waals surface area contributed by atoms with E-state index in [1.54, 1.807) is 4.31 Å². The van der Waals surface area contributed by atoms with Crippen LogP contribution in [0.4, 0.5) is 5.95 Å². The fourth-order valence-electron chi connectivity index (χ4n) is 3.31. The molecule has 0 radical (unpaired) electrons. The number of hydrogen-bond acceptors (Lipinski definition) is 5. The fourth-order valence-corrected chi connectivity index (χ4v) is 4.55. The molecule has 3 rings (SSSR count). The highest BCUT2D eigenvalue weighted by Gasteiger charge is 2.35. The zero-order valence-corrected chi connectivity index (χ0v) is 15.0. The molecule has 0 amide bonds. The van der Waals surface area contributed by atoms with E-state index in [0.717, 1.165) is 43.3 Å². The van der Waals surface area contributed by atoms with Crippen molar-refractivity contribution in [3.8, 4) is 0 Å². The molecule has 0 unspecified atom stereocenters. The van der Waals surface area contributed by atoms with E-state index in [0.29, 0.717) is 12.5 Å². The molecule has 2 heterocycles. The lowest BCUT2D eigenvalue weighted by Crippen LogP contribution is -2.48. The molecular formula is C16H26N4O2S. The Morgan fingerprint density at radius 1 is 1.13 bits per heavy atom. The van der Waals surface area contributed by atoms with E-state index in [-0.39, 0.29) is 6.04 Å². The molecule has 0 atom stereocenters. The van der Waals surface area contributed by atoms with Crippen LogP contribution in [0.1, 0.15) is 37.1 Å². The Hall–Kier alpha value is -1.21. The highest BCUT2D eigenvalue weighted by molar-refractivity contribution is 7.88. The van der Waals surface area contributed by atoms with Gasteiger partial charge in [0.1, 0.15) is 0 Å². The van der Waals surface area contributed by atoms with Gasteiger partial charge in [-0.1, -0.05) is 0 Å². The van der Waals surface area contributed by atoms with Crippen LogP contribution in [0.2, 0.25) is 0 Å². The second-order valence-corrected chi connectivity index (χ2v) is 8.88. The third kappa shape index (κ3) is 4.20. The van der Waals surface area contributed by atoms with Crippen LogP contribution in [-0.4, -0.2) is 54.6 Å². The van der Waals surface area contributed by atoms with Crippen molar-refractivity contribution in [3.63, 3.8) is 0 Å². The Kier molecular flexibility index (Phi) is 4.60. The number of sulfonamides is 1. The van der Waals surface area contributed by atoms with Crippen LogP contribution in [0.25, 0.3) is 0 Å². The Morgan fingerprint density at radius 2 is 1.70 bits per heavy atom. The van der Waals surface area contributed by atoms with E-state index in [9.17, 15) is 8.42 Å². The standard InChI is InChI=1S/C16H26N4O2S/c1-12-10-13(2)18-16(17-12)19-8-6-15(7-9-19)20(23(3,21)22)11-14-4-5-14/h10,14-15H,4-9,11H2,1-3H3. The number of nitrogens with zero attached hydrogens (tertiary/aromatic N) is 4. The molecule has 0 bridgehead atoms. The van der Waals surface area contributed by atoms with Gasteiger partial charge >= 0.3 is 0 Å². The molecule has 0 aromatic carbocycles. The number of hydrogen-bond donors (Lipinski definition) is 0. The van der Waals surface area contributed by atoms with Crippen molar-refractivity contribution >= 4 is 16.0 Å². The van der Waals surface area contributed by atoms with Gasteiger partial charge in [-0.05, 0) is 51.5 Å². The van der Waals surface area contributed by atoms with Crippen LogP contribution in [0.5, 0.6) is 0 Å². The van der Waals surface area contributed by atoms with Crippen molar-refractivity contribution in [1.82, 2.24) is 14.3 Å². The van der Waals surface area contributed by atoms with Gasteiger partial charge in [0.05, 0.1) is 6.26 Å². The minimum atomic E-state index is -3.13. The lowest BCUT2D eigenvalue weighted by atomic mass is 10.1. The largest absolute Gasteiger partial charge is 0.341 e. The van der Waals surface area contributed by atoms with E-state index in [1.165, 1.54) is 19.1 Å². The summed E-state index contributed by atoms with van der Waals surface area (Å²) in [5.74, 6) is 1.35. The smallest absolute Gasteiger partial charge is 0.225 e. The number of anilines is 1. The molecule has 1 aliphatic heterocycles. The molecule has 1 saturated carbocycles. The molecule has 0 spiro atoms. The Balaban J connectivity index is 1.66. The predicted octanol–water partition coefficient (Wildman–Crippen LogP) is 1.73. The summed E-state index contributed by atoms with van der Waals surface area (Å²) in [4.78, 5) is 11.2. The lowest BCUT2D eigenvalue weighted by Gasteiger charge is -2.37. The molecule has 6 nitrogen and oxygen atoms in total. The number of piperidine rings is 1. The summed E-state index contributed by atoms with van der Waals surface area (Å²) in [6.07, 6.45) is 5.36. The van der Waals surface area contributed by atoms with E-state index in [2.05, 4.69) is 14.9 Å². The van der Waals surface area contributed by atoms with E-state index in [4.69, 9.17) is 0 Å². The molecule has 1 aromatic rings. The first-order chi connectivity index (χ1) is 10.8. The molecule has 128 valence electrons. The van der Waals surface area contributed by atoms with E-state index < -0.39 is 10.0 Å². The normalized spacial score (nSPS) is 20.3. The summed E-state index contributed by atoms with van der Waals surface area (Å²) in [5.41, 5.74) is 1.95. The predicted molar refractivity (Wildman–Crippen MR) is 91.0 cm³/mol. The van der Waals surface area contributed by atoms with Crippen LogP contribution in [0, 0.1) is 19.8 Å². The van der Waals surface area contributed by atoms with E-state index >= 15 is 0 Å². The Morgan fingerprint density at radius 3 is 2.17 bits per heavy atom. The number of aryl methyl sites for hydroxylation is 2.